The van der Waals surface area contributed by atoms with Crippen molar-refractivity contribution in [1.82, 2.24) is 19.9 Å². The van der Waals surface area contributed by atoms with Crippen molar-refractivity contribution in [2.75, 3.05) is 0 Å². The summed E-state index contributed by atoms with van der Waals surface area (Å²) in [5.41, 5.74) is -0.624. The summed E-state index contributed by atoms with van der Waals surface area (Å²) in [6.07, 6.45) is -3.01. The van der Waals surface area contributed by atoms with Gasteiger partial charge in [0.1, 0.15) is 0 Å². The fourth-order valence-corrected chi connectivity index (χ4v) is 2.98. The van der Waals surface area contributed by atoms with Crippen molar-refractivity contribution in [2.45, 2.75) is 6.18 Å². The van der Waals surface area contributed by atoms with Gasteiger partial charge in [0.05, 0.1) is 11.3 Å². The molecule has 2 aromatic heterocycles. The first-order valence-corrected chi connectivity index (χ1v) is 8.98. The summed E-state index contributed by atoms with van der Waals surface area (Å²) in [4.78, 5) is 16.3. The first-order valence-electron chi connectivity index (χ1n) is 8.19. The highest BCUT2D eigenvalue weighted by molar-refractivity contribution is 9.10. The number of hydrogen-bond donors (Lipinski definition) is 0. The Labute approximate surface area is 169 Å². The average molecular weight is 463 g/mol. The van der Waals surface area contributed by atoms with E-state index >= 15 is 0 Å². The third-order valence-corrected chi connectivity index (χ3v) is 4.45. The molecule has 0 saturated carbocycles. The van der Waals surface area contributed by atoms with Gasteiger partial charge in [-0.15, -0.1) is 0 Å². The third-order valence-electron chi connectivity index (χ3n) is 3.96. The van der Waals surface area contributed by atoms with Crippen molar-refractivity contribution in [3.63, 3.8) is 0 Å². The topological polar surface area (TPSA) is 73.8 Å². The van der Waals surface area contributed by atoms with Crippen molar-refractivity contribution >= 4 is 15.9 Å². The monoisotopic (exact) mass is 462 g/mol. The number of alkyl halides is 3. The molecular formula is C19H10BrF3N4O2. The fourth-order valence-electron chi connectivity index (χ4n) is 2.59. The minimum absolute atomic E-state index is 0.0786. The first-order chi connectivity index (χ1) is 13.8. The van der Waals surface area contributed by atoms with Crippen molar-refractivity contribution in [3.8, 4) is 28.7 Å². The highest BCUT2D eigenvalue weighted by atomic mass is 79.9. The Morgan fingerprint density at radius 2 is 1.83 bits per heavy atom. The van der Waals surface area contributed by atoms with Crippen LogP contribution in [0.4, 0.5) is 13.2 Å². The van der Waals surface area contributed by atoms with Gasteiger partial charge in [-0.25, -0.2) is 4.68 Å². The lowest BCUT2D eigenvalue weighted by Crippen LogP contribution is -2.12. The van der Waals surface area contributed by atoms with Gasteiger partial charge >= 0.3 is 6.18 Å². The van der Waals surface area contributed by atoms with Crippen molar-refractivity contribution < 1.29 is 17.7 Å². The van der Waals surface area contributed by atoms with E-state index in [0.717, 1.165) is 16.6 Å². The van der Waals surface area contributed by atoms with Gasteiger partial charge in [0.2, 0.25) is 11.3 Å². The van der Waals surface area contributed by atoms with E-state index in [0.29, 0.717) is 5.69 Å². The quantitative estimate of drug-likeness (QED) is 0.439. The molecule has 146 valence electrons. The zero-order chi connectivity index (χ0) is 20.6. The molecule has 4 rings (SSSR count). The summed E-state index contributed by atoms with van der Waals surface area (Å²) >= 11 is 3.36. The SMILES string of the molecule is O=c1ccn(-c2cccc(Br)c2)nc1-c1nc(-c2cccc(C(F)(F)F)c2)no1. The van der Waals surface area contributed by atoms with E-state index in [9.17, 15) is 18.0 Å². The number of hydrogen-bond acceptors (Lipinski definition) is 5. The molecule has 0 saturated heterocycles. The zero-order valence-electron chi connectivity index (χ0n) is 14.4. The van der Waals surface area contributed by atoms with Crippen LogP contribution in [0.1, 0.15) is 5.56 Å². The van der Waals surface area contributed by atoms with E-state index in [1.165, 1.54) is 29.1 Å². The van der Waals surface area contributed by atoms with Crippen LogP contribution in [0, 0.1) is 0 Å². The van der Waals surface area contributed by atoms with E-state index in [1.807, 2.05) is 6.07 Å². The molecule has 0 aliphatic carbocycles. The van der Waals surface area contributed by atoms with Crippen LogP contribution in [0.2, 0.25) is 0 Å². The first kappa shape index (κ1) is 19.1. The maximum Gasteiger partial charge on any atom is 0.416 e. The Bertz CT molecular complexity index is 1250. The summed E-state index contributed by atoms with van der Waals surface area (Å²) in [6, 6.07) is 13.0. The summed E-state index contributed by atoms with van der Waals surface area (Å²) in [7, 11) is 0. The van der Waals surface area contributed by atoms with E-state index in [1.54, 1.807) is 18.2 Å². The van der Waals surface area contributed by atoms with Crippen LogP contribution in [0.15, 0.2) is 74.6 Å². The smallest absolute Gasteiger partial charge is 0.332 e. The van der Waals surface area contributed by atoms with E-state index in [2.05, 4.69) is 31.2 Å². The predicted octanol–water partition coefficient (Wildman–Crippen LogP) is 4.73. The number of aromatic nitrogens is 4. The van der Waals surface area contributed by atoms with Gasteiger partial charge in [0, 0.05) is 22.3 Å². The second kappa shape index (κ2) is 7.28. The summed E-state index contributed by atoms with van der Waals surface area (Å²) < 4.78 is 46.1. The molecule has 10 heteroatoms. The van der Waals surface area contributed by atoms with Crippen molar-refractivity contribution in [3.05, 3.63) is 81.1 Å². The van der Waals surface area contributed by atoms with Gasteiger partial charge < -0.3 is 4.52 Å². The molecule has 0 amide bonds. The largest absolute Gasteiger partial charge is 0.416 e. The molecule has 0 N–H and O–H groups in total. The van der Waals surface area contributed by atoms with Crippen LogP contribution in [-0.4, -0.2) is 19.9 Å². The molecular weight excluding hydrogens is 453 g/mol. The Morgan fingerprint density at radius 1 is 1.03 bits per heavy atom. The van der Waals surface area contributed by atoms with Crippen LogP contribution in [-0.2, 0) is 6.18 Å². The number of halogens is 4. The van der Waals surface area contributed by atoms with Crippen molar-refractivity contribution in [1.29, 1.82) is 0 Å². The van der Waals surface area contributed by atoms with Gasteiger partial charge in [0.15, 0.2) is 5.69 Å². The highest BCUT2D eigenvalue weighted by Crippen LogP contribution is 2.31. The standard InChI is InChI=1S/C19H10BrF3N4O2/c20-13-5-2-6-14(10-13)27-8-7-15(28)16(25-27)18-24-17(26-29-18)11-3-1-4-12(9-11)19(21,22)23/h1-10H. The van der Waals surface area contributed by atoms with Gasteiger partial charge in [-0.05, 0) is 30.3 Å². The van der Waals surface area contributed by atoms with Crippen LogP contribution in [0.5, 0.6) is 0 Å². The Morgan fingerprint density at radius 3 is 2.59 bits per heavy atom. The molecule has 4 aromatic rings. The summed E-state index contributed by atoms with van der Waals surface area (Å²) in [6.45, 7) is 0. The molecule has 0 aliphatic heterocycles. The van der Waals surface area contributed by atoms with Gasteiger partial charge in [-0.1, -0.05) is 39.3 Å². The van der Waals surface area contributed by atoms with E-state index in [-0.39, 0.29) is 23.0 Å². The number of benzene rings is 2. The lowest BCUT2D eigenvalue weighted by molar-refractivity contribution is -0.137. The molecule has 0 unspecified atom stereocenters. The normalized spacial score (nSPS) is 11.6. The second-order valence-corrected chi connectivity index (χ2v) is 6.87. The second-order valence-electron chi connectivity index (χ2n) is 5.95. The van der Waals surface area contributed by atoms with E-state index in [4.69, 9.17) is 4.52 Å². The molecule has 0 atom stereocenters. The molecule has 0 radical (unpaired) electrons. The maximum absolute atomic E-state index is 12.9. The van der Waals surface area contributed by atoms with Crippen LogP contribution in [0.3, 0.4) is 0 Å². The molecule has 0 bridgehead atoms. The van der Waals surface area contributed by atoms with Crippen LogP contribution >= 0.6 is 15.9 Å². The molecule has 29 heavy (non-hydrogen) atoms. The summed E-state index contributed by atoms with van der Waals surface area (Å²) in [5.74, 6) is -0.267. The third kappa shape index (κ3) is 3.97. The number of rotatable bonds is 3. The molecule has 6 nitrogen and oxygen atoms in total. The summed E-state index contributed by atoms with van der Waals surface area (Å²) in [5, 5.41) is 7.92. The predicted molar refractivity (Wildman–Crippen MR) is 101 cm³/mol. The van der Waals surface area contributed by atoms with Gasteiger partial charge in [-0.3, -0.25) is 4.79 Å². The molecule has 2 aromatic carbocycles. The average Bonchev–Trinajstić information content (AvgIpc) is 3.18. The minimum atomic E-state index is -4.50. The minimum Gasteiger partial charge on any atom is -0.332 e. The Kier molecular flexibility index (Phi) is 4.79. The van der Waals surface area contributed by atoms with E-state index < -0.39 is 17.2 Å². The van der Waals surface area contributed by atoms with Crippen molar-refractivity contribution in [2.24, 2.45) is 0 Å². The molecule has 0 spiro atoms. The Hall–Kier alpha value is -3.27. The zero-order valence-corrected chi connectivity index (χ0v) is 16.0. The van der Waals surface area contributed by atoms with Crippen LogP contribution in [0.25, 0.3) is 28.7 Å². The molecule has 0 aliphatic rings. The van der Waals surface area contributed by atoms with Gasteiger partial charge in [0.25, 0.3) is 5.89 Å². The Balaban J connectivity index is 1.74. The maximum atomic E-state index is 12.9. The van der Waals surface area contributed by atoms with Crippen LogP contribution < -0.4 is 5.43 Å². The fraction of sp³-hybridized carbons (Fsp3) is 0.0526. The highest BCUT2D eigenvalue weighted by Gasteiger charge is 2.31. The molecule has 2 heterocycles. The van der Waals surface area contributed by atoms with Gasteiger partial charge in [-0.2, -0.15) is 23.3 Å². The lowest BCUT2D eigenvalue weighted by atomic mass is 10.1. The lowest BCUT2D eigenvalue weighted by Gasteiger charge is -2.06. The molecule has 0 fully saturated rings. The number of nitrogens with zero attached hydrogens (tertiary/aromatic N) is 4.